The molecule has 0 saturated heterocycles. The van der Waals surface area contributed by atoms with E-state index in [0.717, 1.165) is 5.56 Å². The Kier molecular flexibility index (Phi) is 8.77. The Hall–Kier alpha value is -3.25. The van der Waals surface area contributed by atoms with Crippen LogP contribution in [0.2, 0.25) is 5.02 Å². The van der Waals surface area contributed by atoms with Gasteiger partial charge in [-0.05, 0) is 49.2 Å². The molecule has 0 aliphatic rings. The number of benzene rings is 3. The van der Waals surface area contributed by atoms with Crippen LogP contribution in [0.3, 0.4) is 0 Å². The van der Waals surface area contributed by atoms with E-state index >= 15 is 0 Å². The average Bonchev–Trinajstić information content (AvgIpc) is 2.80. The van der Waals surface area contributed by atoms with E-state index in [1.54, 1.807) is 12.1 Å². The molecular weight excluding hydrogens is 458 g/mol. The molecule has 0 radical (unpaired) electrons. The molecule has 0 saturated carbocycles. The molecule has 0 heterocycles. The SMILES string of the molecule is CC(C)NC(=O)[C@H](Cc1ccccc1)N(Cc1ccc(F)cc1)C(=O)Cc1c(F)cccc1Cl. The summed E-state index contributed by atoms with van der Waals surface area (Å²) in [4.78, 5) is 28.2. The minimum Gasteiger partial charge on any atom is -0.352 e. The number of halogens is 3. The van der Waals surface area contributed by atoms with Crippen molar-refractivity contribution in [1.29, 1.82) is 0 Å². The van der Waals surface area contributed by atoms with Crippen LogP contribution in [-0.4, -0.2) is 28.8 Å². The Morgan fingerprint density at radius 2 is 1.59 bits per heavy atom. The molecule has 0 fully saturated rings. The van der Waals surface area contributed by atoms with Gasteiger partial charge in [-0.1, -0.05) is 60.1 Å². The molecule has 0 bridgehead atoms. The summed E-state index contributed by atoms with van der Waals surface area (Å²) in [6, 6.07) is 18.3. The number of nitrogens with one attached hydrogen (secondary N) is 1. The predicted molar refractivity (Wildman–Crippen MR) is 129 cm³/mol. The summed E-state index contributed by atoms with van der Waals surface area (Å²) in [6.45, 7) is 3.72. The van der Waals surface area contributed by atoms with E-state index in [4.69, 9.17) is 11.6 Å². The van der Waals surface area contributed by atoms with Crippen molar-refractivity contribution < 1.29 is 18.4 Å². The van der Waals surface area contributed by atoms with Gasteiger partial charge in [-0.15, -0.1) is 0 Å². The van der Waals surface area contributed by atoms with Crippen molar-refractivity contribution in [2.24, 2.45) is 0 Å². The molecule has 4 nitrogen and oxygen atoms in total. The molecule has 0 aliphatic heterocycles. The third kappa shape index (κ3) is 6.87. The lowest BCUT2D eigenvalue weighted by atomic mass is 10.0. The Morgan fingerprint density at radius 3 is 2.21 bits per heavy atom. The number of hydrogen-bond acceptors (Lipinski definition) is 2. The monoisotopic (exact) mass is 484 g/mol. The maximum Gasteiger partial charge on any atom is 0.243 e. The summed E-state index contributed by atoms with van der Waals surface area (Å²) < 4.78 is 27.9. The molecule has 2 amide bonds. The molecule has 0 aromatic heterocycles. The molecule has 34 heavy (non-hydrogen) atoms. The summed E-state index contributed by atoms with van der Waals surface area (Å²) in [7, 11) is 0. The number of amides is 2. The zero-order valence-electron chi connectivity index (χ0n) is 19.1. The lowest BCUT2D eigenvalue weighted by Gasteiger charge is -2.32. The van der Waals surface area contributed by atoms with Gasteiger partial charge in [0.1, 0.15) is 17.7 Å². The first-order valence-corrected chi connectivity index (χ1v) is 11.4. The van der Waals surface area contributed by atoms with Gasteiger partial charge in [0.25, 0.3) is 0 Å². The number of rotatable bonds is 9. The fraction of sp³-hybridized carbons (Fsp3) is 0.259. The van der Waals surface area contributed by atoms with Gasteiger partial charge >= 0.3 is 0 Å². The molecule has 3 aromatic carbocycles. The third-order valence-electron chi connectivity index (χ3n) is 5.36. The van der Waals surface area contributed by atoms with Crippen LogP contribution < -0.4 is 5.32 Å². The van der Waals surface area contributed by atoms with Crippen molar-refractivity contribution in [3.63, 3.8) is 0 Å². The van der Waals surface area contributed by atoms with Gasteiger partial charge in [-0.25, -0.2) is 8.78 Å². The number of carbonyl (C=O) groups is 2. The van der Waals surface area contributed by atoms with Crippen molar-refractivity contribution >= 4 is 23.4 Å². The van der Waals surface area contributed by atoms with Gasteiger partial charge < -0.3 is 10.2 Å². The van der Waals surface area contributed by atoms with Gasteiger partial charge in [-0.2, -0.15) is 0 Å². The van der Waals surface area contributed by atoms with Crippen LogP contribution in [0.25, 0.3) is 0 Å². The van der Waals surface area contributed by atoms with Crippen LogP contribution in [-0.2, 0) is 29.0 Å². The Balaban J connectivity index is 2.00. The topological polar surface area (TPSA) is 49.4 Å². The minimum absolute atomic E-state index is 0.0498. The van der Waals surface area contributed by atoms with Crippen molar-refractivity contribution in [1.82, 2.24) is 10.2 Å². The van der Waals surface area contributed by atoms with Gasteiger partial charge in [0, 0.05) is 29.6 Å². The predicted octanol–water partition coefficient (Wildman–Crippen LogP) is 5.33. The van der Waals surface area contributed by atoms with Crippen molar-refractivity contribution in [3.8, 4) is 0 Å². The largest absolute Gasteiger partial charge is 0.352 e. The molecule has 178 valence electrons. The van der Waals surface area contributed by atoms with Crippen LogP contribution in [0.5, 0.6) is 0 Å². The van der Waals surface area contributed by atoms with Crippen LogP contribution in [0.1, 0.15) is 30.5 Å². The summed E-state index contributed by atoms with van der Waals surface area (Å²) in [5.41, 5.74) is 1.58. The van der Waals surface area contributed by atoms with Gasteiger partial charge in [0.15, 0.2) is 0 Å². The number of carbonyl (C=O) groups excluding carboxylic acids is 2. The maximum atomic E-state index is 14.4. The third-order valence-corrected chi connectivity index (χ3v) is 5.71. The zero-order valence-corrected chi connectivity index (χ0v) is 19.9. The van der Waals surface area contributed by atoms with E-state index in [1.807, 2.05) is 44.2 Å². The summed E-state index contributed by atoms with van der Waals surface area (Å²) >= 11 is 6.16. The molecule has 3 aromatic rings. The number of hydrogen-bond donors (Lipinski definition) is 1. The smallest absolute Gasteiger partial charge is 0.243 e. The molecule has 0 aliphatic carbocycles. The molecule has 3 rings (SSSR count). The fourth-order valence-electron chi connectivity index (χ4n) is 3.68. The van der Waals surface area contributed by atoms with E-state index in [2.05, 4.69) is 5.32 Å². The Bertz CT molecular complexity index is 1100. The fourth-order valence-corrected chi connectivity index (χ4v) is 3.91. The highest BCUT2D eigenvalue weighted by Gasteiger charge is 2.31. The van der Waals surface area contributed by atoms with Gasteiger partial charge in [0.2, 0.25) is 11.8 Å². The first kappa shape index (κ1) is 25.4. The molecule has 0 unspecified atom stereocenters. The van der Waals surface area contributed by atoms with Crippen LogP contribution in [0, 0.1) is 11.6 Å². The molecule has 0 spiro atoms. The zero-order chi connectivity index (χ0) is 24.7. The highest BCUT2D eigenvalue weighted by molar-refractivity contribution is 6.31. The van der Waals surface area contributed by atoms with E-state index in [-0.39, 0.29) is 41.9 Å². The van der Waals surface area contributed by atoms with Gasteiger partial charge in [0.05, 0.1) is 6.42 Å². The Labute approximate surface area is 203 Å². The molecule has 1 atom stereocenters. The van der Waals surface area contributed by atoms with E-state index < -0.39 is 23.6 Å². The summed E-state index contributed by atoms with van der Waals surface area (Å²) in [5, 5.41) is 3.03. The minimum atomic E-state index is -0.868. The normalized spacial score (nSPS) is 11.8. The van der Waals surface area contributed by atoms with Gasteiger partial charge in [-0.3, -0.25) is 9.59 Å². The first-order valence-electron chi connectivity index (χ1n) is 11.1. The van der Waals surface area contributed by atoms with E-state index in [9.17, 15) is 18.4 Å². The maximum absolute atomic E-state index is 14.4. The van der Waals surface area contributed by atoms with E-state index in [0.29, 0.717) is 5.56 Å². The van der Waals surface area contributed by atoms with Crippen molar-refractivity contribution in [2.45, 2.75) is 45.3 Å². The highest BCUT2D eigenvalue weighted by atomic mass is 35.5. The second-order valence-electron chi connectivity index (χ2n) is 8.39. The highest BCUT2D eigenvalue weighted by Crippen LogP contribution is 2.22. The second kappa shape index (κ2) is 11.7. The van der Waals surface area contributed by atoms with Crippen LogP contribution in [0.4, 0.5) is 8.78 Å². The lowest BCUT2D eigenvalue weighted by Crippen LogP contribution is -2.52. The average molecular weight is 485 g/mol. The standard InChI is InChI=1S/C27H27ClF2N2O2/c1-18(2)31-27(34)25(15-19-7-4-3-5-8-19)32(17-20-11-13-21(29)14-12-20)26(33)16-22-23(28)9-6-10-24(22)30/h3-14,18,25H,15-17H2,1-2H3,(H,31,34)/t25-/m0/s1. The second-order valence-corrected chi connectivity index (χ2v) is 8.80. The lowest BCUT2D eigenvalue weighted by molar-refractivity contribution is -0.141. The first-order chi connectivity index (χ1) is 16.2. The summed E-state index contributed by atoms with van der Waals surface area (Å²) in [6.07, 6.45) is -0.0513. The van der Waals surface area contributed by atoms with Crippen LogP contribution in [0.15, 0.2) is 72.8 Å². The number of nitrogens with zero attached hydrogens (tertiary/aromatic N) is 1. The molecule has 7 heteroatoms. The van der Waals surface area contributed by atoms with E-state index in [1.165, 1.54) is 35.2 Å². The summed E-state index contributed by atoms with van der Waals surface area (Å²) in [5.74, 6) is -1.78. The van der Waals surface area contributed by atoms with Crippen molar-refractivity contribution in [2.75, 3.05) is 0 Å². The molecule has 1 N–H and O–H groups in total. The van der Waals surface area contributed by atoms with Crippen molar-refractivity contribution in [3.05, 3.63) is 106 Å². The van der Waals surface area contributed by atoms with Crippen LogP contribution >= 0.6 is 11.6 Å². The Morgan fingerprint density at radius 1 is 0.912 bits per heavy atom. The quantitative estimate of drug-likeness (QED) is 0.446. The molecular formula is C27H27ClF2N2O2.